The number of likely N-dealkylation sites (tertiary alicyclic amines) is 1. The van der Waals surface area contributed by atoms with Gasteiger partial charge < -0.3 is 9.64 Å². The molecule has 1 fully saturated rings. The average molecular weight is 341 g/mol. The van der Waals surface area contributed by atoms with Crippen LogP contribution in [0.4, 0.5) is 13.2 Å². The molecule has 0 saturated carbocycles. The molecular weight excluding hydrogens is 323 g/mol. The first-order valence-electron chi connectivity index (χ1n) is 7.77. The zero-order chi connectivity index (χ0) is 17.0. The Morgan fingerprint density at radius 1 is 1.17 bits per heavy atom. The summed E-state index contributed by atoms with van der Waals surface area (Å²) < 4.78 is 45.3. The van der Waals surface area contributed by atoms with Gasteiger partial charge in [0.25, 0.3) is 0 Å². The molecule has 0 bridgehead atoms. The van der Waals surface area contributed by atoms with Crippen LogP contribution in [0.15, 0.2) is 30.7 Å². The Balaban J connectivity index is 1.47. The van der Waals surface area contributed by atoms with E-state index in [0.29, 0.717) is 0 Å². The van der Waals surface area contributed by atoms with Crippen molar-refractivity contribution in [2.45, 2.75) is 31.7 Å². The van der Waals surface area contributed by atoms with E-state index >= 15 is 0 Å². The fraction of sp³-hybridized carbons (Fsp3) is 0.533. The molecule has 9 heteroatoms. The van der Waals surface area contributed by atoms with Crippen molar-refractivity contribution in [1.82, 2.24) is 24.6 Å². The number of halogens is 3. The van der Waals surface area contributed by atoms with E-state index < -0.39 is 11.9 Å². The van der Waals surface area contributed by atoms with E-state index in [0.717, 1.165) is 51.3 Å². The van der Waals surface area contributed by atoms with Crippen molar-refractivity contribution in [3.05, 3.63) is 36.4 Å². The van der Waals surface area contributed by atoms with Gasteiger partial charge in [-0.25, -0.2) is 4.98 Å². The van der Waals surface area contributed by atoms with Gasteiger partial charge in [-0.3, -0.25) is 4.68 Å². The standard InChI is InChI=1S/C15H18F3N5O/c16-15(17,18)13-2-6-19-14(21-13)24-12-3-8-22(9-4-12)10-11-23-7-1-5-20-23/h1-2,5-7,12H,3-4,8-11H2. The highest BCUT2D eigenvalue weighted by Crippen LogP contribution is 2.28. The fourth-order valence-electron chi connectivity index (χ4n) is 2.63. The van der Waals surface area contributed by atoms with Crippen molar-refractivity contribution >= 4 is 0 Å². The summed E-state index contributed by atoms with van der Waals surface area (Å²) in [5.41, 5.74) is -0.982. The van der Waals surface area contributed by atoms with Crippen LogP contribution in [-0.2, 0) is 12.7 Å². The number of alkyl halides is 3. The third kappa shape index (κ3) is 4.44. The van der Waals surface area contributed by atoms with Crippen LogP contribution >= 0.6 is 0 Å². The highest BCUT2D eigenvalue weighted by atomic mass is 19.4. The van der Waals surface area contributed by atoms with Crippen molar-refractivity contribution in [2.24, 2.45) is 0 Å². The first kappa shape index (κ1) is 16.7. The Morgan fingerprint density at radius 2 is 1.96 bits per heavy atom. The van der Waals surface area contributed by atoms with Crippen LogP contribution in [0.5, 0.6) is 6.01 Å². The fourth-order valence-corrected chi connectivity index (χ4v) is 2.63. The van der Waals surface area contributed by atoms with E-state index in [4.69, 9.17) is 4.74 Å². The van der Waals surface area contributed by atoms with Gasteiger partial charge in [0.15, 0.2) is 5.69 Å². The van der Waals surface area contributed by atoms with Crippen LogP contribution in [0, 0.1) is 0 Å². The predicted octanol–water partition coefficient (Wildman–Crippen LogP) is 2.24. The van der Waals surface area contributed by atoms with Crippen molar-refractivity contribution < 1.29 is 17.9 Å². The molecule has 0 aliphatic carbocycles. The van der Waals surface area contributed by atoms with Crippen LogP contribution in [0.2, 0.25) is 0 Å². The van der Waals surface area contributed by atoms with Crippen LogP contribution < -0.4 is 4.74 Å². The summed E-state index contributed by atoms with van der Waals surface area (Å²) in [6.45, 7) is 3.35. The number of rotatable bonds is 5. The number of ether oxygens (including phenoxy) is 1. The van der Waals surface area contributed by atoms with Crippen LogP contribution in [0.25, 0.3) is 0 Å². The predicted molar refractivity (Wildman–Crippen MR) is 79.4 cm³/mol. The van der Waals surface area contributed by atoms with E-state index in [-0.39, 0.29) is 12.1 Å². The van der Waals surface area contributed by atoms with Gasteiger partial charge in [-0.1, -0.05) is 0 Å². The van der Waals surface area contributed by atoms with E-state index in [1.807, 2.05) is 16.9 Å². The highest BCUT2D eigenvalue weighted by molar-refractivity contribution is 5.09. The van der Waals surface area contributed by atoms with E-state index in [1.165, 1.54) is 0 Å². The van der Waals surface area contributed by atoms with Gasteiger partial charge in [0, 0.05) is 38.2 Å². The molecule has 24 heavy (non-hydrogen) atoms. The molecule has 0 radical (unpaired) electrons. The molecular formula is C15H18F3N5O. The van der Waals surface area contributed by atoms with Gasteiger partial charge in [0.2, 0.25) is 0 Å². The molecule has 3 rings (SSSR count). The second-order valence-electron chi connectivity index (χ2n) is 5.65. The Hall–Kier alpha value is -2.16. The van der Waals surface area contributed by atoms with Crippen LogP contribution in [-0.4, -0.2) is 50.4 Å². The number of aromatic nitrogens is 4. The molecule has 130 valence electrons. The largest absolute Gasteiger partial charge is 0.460 e. The summed E-state index contributed by atoms with van der Waals surface area (Å²) in [5, 5.41) is 4.16. The Morgan fingerprint density at radius 3 is 2.62 bits per heavy atom. The van der Waals surface area contributed by atoms with Crippen molar-refractivity contribution in [1.29, 1.82) is 0 Å². The lowest BCUT2D eigenvalue weighted by molar-refractivity contribution is -0.141. The monoisotopic (exact) mass is 341 g/mol. The Bertz CT molecular complexity index is 639. The summed E-state index contributed by atoms with van der Waals surface area (Å²) in [4.78, 5) is 9.51. The number of piperidine rings is 1. The average Bonchev–Trinajstić information content (AvgIpc) is 3.07. The minimum absolute atomic E-state index is 0.158. The summed E-state index contributed by atoms with van der Waals surface area (Å²) >= 11 is 0. The molecule has 0 atom stereocenters. The second kappa shape index (κ2) is 7.16. The van der Waals surface area contributed by atoms with Crippen LogP contribution in [0.1, 0.15) is 18.5 Å². The van der Waals surface area contributed by atoms with Gasteiger partial charge in [-0.15, -0.1) is 0 Å². The summed E-state index contributed by atoms with van der Waals surface area (Å²) in [5.74, 6) is 0. The van der Waals surface area contributed by atoms with E-state index in [2.05, 4.69) is 20.0 Å². The molecule has 1 aliphatic heterocycles. The number of nitrogens with zero attached hydrogens (tertiary/aromatic N) is 5. The molecule has 6 nitrogen and oxygen atoms in total. The van der Waals surface area contributed by atoms with Crippen molar-refractivity contribution in [3.8, 4) is 6.01 Å². The summed E-state index contributed by atoms with van der Waals surface area (Å²) in [7, 11) is 0. The van der Waals surface area contributed by atoms with Gasteiger partial charge in [-0.05, 0) is 25.0 Å². The van der Waals surface area contributed by atoms with Gasteiger partial charge >= 0.3 is 12.2 Å². The third-order valence-electron chi connectivity index (χ3n) is 3.94. The van der Waals surface area contributed by atoms with Gasteiger partial charge in [-0.2, -0.15) is 23.3 Å². The maximum absolute atomic E-state index is 12.6. The van der Waals surface area contributed by atoms with Gasteiger partial charge in [0.1, 0.15) is 6.10 Å². The SMILES string of the molecule is FC(F)(F)c1ccnc(OC2CCN(CCn3cccn3)CC2)n1. The first-order valence-corrected chi connectivity index (χ1v) is 7.77. The van der Waals surface area contributed by atoms with Gasteiger partial charge in [0.05, 0.1) is 6.54 Å². The molecule has 0 unspecified atom stereocenters. The lowest BCUT2D eigenvalue weighted by Crippen LogP contribution is -2.40. The molecule has 0 aromatic carbocycles. The first-order chi connectivity index (χ1) is 11.5. The lowest BCUT2D eigenvalue weighted by Gasteiger charge is -2.31. The highest BCUT2D eigenvalue weighted by Gasteiger charge is 2.33. The maximum Gasteiger partial charge on any atom is 0.433 e. The van der Waals surface area contributed by atoms with Crippen LogP contribution in [0.3, 0.4) is 0 Å². The Labute approximate surface area is 137 Å². The second-order valence-corrected chi connectivity index (χ2v) is 5.65. The molecule has 3 heterocycles. The third-order valence-corrected chi connectivity index (χ3v) is 3.94. The van der Waals surface area contributed by atoms with E-state index in [9.17, 15) is 13.2 Å². The topological polar surface area (TPSA) is 56.1 Å². The Kier molecular flexibility index (Phi) is 4.98. The smallest absolute Gasteiger partial charge is 0.433 e. The minimum atomic E-state index is -4.49. The molecule has 1 saturated heterocycles. The quantitative estimate of drug-likeness (QED) is 0.835. The maximum atomic E-state index is 12.6. The minimum Gasteiger partial charge on any atom is -0.460 e. The van der Waals surface area contributed by atoms with Crippen molar-refractivity contribution in [2.75, 3.05) is 19.6 Å². The molecule has 0 N–H and O–H groups in total. The summed E-state index contributed by atoms with van der Waals surface area (Å²) in [6.07, 6.45) is 1.56. The molecule has 0 spiro atoms. The lowest BCUT2D eigenvalue weighted by atomic mass is 10.1. The number of hydrogen-bond donors (Lipinski definition) is 0. The number of hydrogen-bond acceptors (Lipinski definition) is 5. The normalized spacial score (nSPS) is 17.1. The van der Waals surface area contributed by atoms with Crippen molar-refractivity contribution in [3.63, 3.8) is 0 Å². The molecule has 0 amide bonds. The van der Waals surface area contributed by atoms with E-state index in [1.54, 1.807) is 6.20 Å². The molecule has 1 aliphatic rings. The summed E-state index contributed by atoms with van der Waals surface area (Å²) in [6, 6.07) is 2.51. The zero-order valence-electron chi connectivity index (χ0n) is 13.0. The molecule has 2 aromatic rings. The molecule has 2 aromatic heterocycles. The zero-order valence-corrected chi connectivity index (χ0v) is 13.0.